The molecule has 0 spiro atoms. The molecule has 2 nitrogen and oxygen atoms in total. The monoisotopic (exact) mass is 169 g/mol. The maximum Gasteiger partial charge on any atom is 0.0251 e. The molecule has 0 aliphatic heterocycles. The Morgan fingerprint density at radius 2 is 2.27 bits per heavy atom. The van der Waals surface area contributed by atoms with Gasteiger partial charge in [-0.3, -0.25) is 4.21 Å². The van der Waals surface area contributed by atoms with E-state index < -0.39 is 11.1 Å². The van der Waals surface area contributed by atoms with Crippen LogP contribution in [0.25, 0.3) is 0 Å². The van der Waals surface area contributed by atoms with Crippen molar-refractivity contribution in [2.45, 2.75) is 18.2 Å². The van der Waals surface area contributed by atoms with E-state index in [1.807, 2.05) is 13.0 Å². The number of hydrogen-bond donors (Lipinski definition) is 0. The summed E-state index contributed by atoms with van der Waals surface area (Å²) in [5.74, 6) is 0. The van der Waals surface area contributed by atoms with E-state index >= 15 is 0 Å². The topological polar surface area (TPSA) is 40.1 Å². The SMILES string of the molecule is CCc1cccc(S(=O)[O-])c1. The van der Waals surface area contributed by atoms with Gasteiger partial charge in [-0.2, -0.15) is 0 Å². The number of aryl methyl sites for hydroxylation is 1. The van der Waals surface area contributed by atoms with Gasteiger partial charge in [-0.1, -0.05) is 19.1 Å². The van der Waals surface area contributed by atoms with Gasteiger partial charge in [-0.05, 0) is 35.2 Å². The molecule has 1 unspecified atom stereocenters. The van der Waals surface area contributed by atoms with Gasteiger partial charge in [0, 0.05) is 4.90 Å². The first-order valence-electron chi connectivity index (χ1n) is 3.42. The first-order chi connectivity index (χ1) is 5.24. The molecule has 1 aromatic carbocycles. The lowest BCUT2D eigenvalue weighted by Crippen LogP contribution is -1.89. The average Bonchev–Trinajstić information content (AvgIpc) is 2.05. The summed E-state index contributed by atoms with van der Waals surface area (Å²) in [5.41, 5.74) is 1.05. The summed E-state index contributed by atoms with van der Waals surface area (Å²) in [7, 11) is 0. The van der Waals surface area contributed by atoms with Crippen molar-refractivity contribution in [1.82, 2.24) is 0 Å². The molecule has 3 heteroatoms. The first-order valence-corrected chi connectivity index (χ1v) is 4.49. The Labute approximate surface area is 68.5 Å². The minimum atomic E-state index is -2.09. The summed E-state index contributed by atoms with van der Waals surface area (Å²) in [5, 5.41) is 0. The highest BCUT2D eigenvalue weighted by Crippen LogP contribution is 2.08. The van der Waals surface area contributed by atoms with Crippen molar-refractivity contribution in [2.75, 3.05) is 0 Å². The van der Waals surface area contributed by atoms with Crippen molar-refractivity contribution < 1.29 is 8.76 Å². The molecule has 0 radical (unpaired) electrons. The normalized spacial score (nSPS) is 12.9. The Morgan fingerprint density at radius 3 is 2.82 bits per heavy atom. The Hall–Kier alpha value is -0.670. The fraction of sp³-hybridized carbons (Fsp3) is 0.250. The largest absolute Gasteiger partial charge is 0.768 e. The lowest BCUT2D eigenvalue weighted by Gasteiger charge is -2.05. The van der Waals surface area contributed by atoms with Crippen molar-refractivity contribution >= 4 is 11.1 Å². The zero-order chi connectivity index (χ0) is 8.27. The van der Waals surface area contributed by atoms with Gasteiger partial charge in [0.25, 0.3) is 0 Å². The van der Waals surface area contributed by atoms with Crippen molar-refractivity contribution in [3.05, 3.63) is 29.8 Å². The molecule has 0 fully saturated rings. The van der Waals surface area contributed by atoms with Crippen LogP contribution in [0.1, 0.15) is 12.5 Å². The minimum absolute atomic E-state index is 0.365. The first kappa shape index (κ1) is 8.43. The van der Waals surface area contributed by atoms with E-state index in [4.69, 9.17) is 0 Å². The van der Waals surface area contributed by atoms with Gasteiger partial charge < -0.3 is 4.55 Å². The van der Waals surface area contributed by atoms with Gasteiger partial charge in [-0.25, -0.2) is 0 Å². The quantitative estimate of drug-likeness (QED) is 0.629. The van der Waals surface area contributed by atoms with Crippen molar-refractivity contribution in [3.8, 4) is 0 Å². The zero-order valence-electron chi connectivity index (χ0n) is 6.24. The second kappa shape index (κ2) is 3.64. The van der Waals surface area contributed by atoms with Crippen LogP contribution in [0, 0.1) is 0 Å². The smallest absolute Gasteiger partial charge is 0.0251 e. The Kier molecular flexibility index (Phi) is 2.79. The highest BCUT2D eigenvalue weighted by atomic mass is 32.2. The fourth-order valence-electron chi connectivity index (χ4n) is 0.869. The van der Waals surface area contributed by atoms with E-state index in [2.05, 4.69) is 0 Å². The minimum Gasteiger partial charge on any atom is -0.768 e. The average molecular weight is 169 g/mol. The fourth-order valence-corrected chi connectivity index (χ4v) is 1.31. The summed E-state index contributed by atoms with van der Waals surface area (Å²) in [6, 6.07) is 6.94. The molecular weight excluding hydrogens is 160 g/mol. The van der Waals surface area contributed by atoms with E-state index in [9.17, 15) is 8.76 Å². The predicted octanol–water partition coefficient (Wildman–Crippen LogP) is 1.49. The van der Waals surface area contributed by atoms with Crippen LogP contribution in [0.2, 0.25) is 0 Å². The van der Waals surface area contributed by atoms with Crippen LogP contribution in [0.4, 0.5) is 0 Å². The molecule has 0 aliphatic carbocycles. The van der Waals surface area contributed by atoms with Gasteiger partial charge >= 0.3 is 0 Å². The van der Waals surface area contributed by atoms with Crippen molar-refractivity contribution in [2.24, 2.45) is 0 Å². The molecule has 0 aromatic heterocycles. The molecule has 0 amide bonds. The molecule has 11 heavy (non-hydrogen) atoms. The van der Waals surface area contributed by atoms with Crippen molar-refractivity contribution in [3.63, 3.8) is 0 Å². The van der Waals surface area contributed by atoms with Gasteiger partial charge in [0.1, 0.15) is 0 Å². The molecule has 1 rings (SSSR count). The van der Waals surface area contributed by atoms with Gasteiger partial charge in [-0.15, -0.1) is 0 Å². The Bertz CT molecular complexity index is 271. The van der Waals surface area contributed by atoms with Crippen LogP contribution < -0.4 is 0 Å². The highest BCUT2D eigenvalue weighted by molar-refractivity contribution is 7.79. The molecule has 0 bridgehead atoms. The summed E-state index contributed by atoms with van der Waals surface area (Å²) >= 11 is -2.09. The third kappa shape index (κ3) is 2.13. The zero-order valence-corrected chi connectivity index (χ0v) is 7.06. The second-order valence-electron chi connectivity index (χ2n) is 2.24. The van der Waals surface area contributed by atoms with Crippen LogP contribution in [0.3, 0.4) is 0 Å². The standard InChI is InChI=1S/C8H10O2S/c1-2-7-4-3-5-8(6-7)11(9)10/h3-6H,2H2,1H3,(H,9,10)/p-1. The van der Waals surface area contributed by atoms with Crippen LogP contribution >= 0.6 is 0 Å². The molecule has 0 heterocycles. The van der Waals surface area contributed by atoms with E-state index in [0.717, 1.165) is 12.0 Å². The molecule has 0 saturated heterocycles. The second-order valence-corrected chi connectivity index (χ2v) is 3.18. The lowest BCUT2D eigenvalue weighted by atomic mass is 10.2. The summed E-state index contributed by atoms with van der Waals surface area (Å²) < 4.78 is 20.9. The molecule has 1 aromatic rings. The maximum atomic E-state index is 10.5. The third-order valence-electron chi connectivity index (χ3n) is 1.50. The van der Waals surface area contributed by atoms with Crippen LogP contribution in [-0.4, -0.2) is 8.76 Å². The lowest BCUT2D eigenvalue weighted by molar-refractivity contribution is 0.537. The Morgan fingerprint density at radius 1 is 1.55 bits per heavy atom. The van der Waals surface area contributed by atoms with Crippen LogP contribution in [-0.2, 0) is 17.5 Å². The molecule has 1 atom stereocenters. The van der Waals surface area contributed by atoms with Gasteiger partial charge in [0.15, 0.2) is 0 Å². The number of hydrogen-bond acceptors (Lipinski definition) is 2. The van der Waals surface area contributed by atoms with Gasteiger partial charge in [0.2, 0.25) is 0 Å². The van der Waals surface area contributed by atoms with Crippen LogP contribution in [0.15, 0.2) is 29.2 Å². The summed E-state index contributed by atoms with van der Waals surface area (Å²) in [6.07, 6.45) is 0.866. The summed E-state index contributed by atoms with van der Waals surface area (Å²) in [4.78, 5) is 0.365. The van der Waals surface area contributed by atoms with E-state index in [0.29, 0.717) is 4.90 Å². The van der Waals surface area contributed by atoms with E-state index in [1.54, 1.807) is 18.2 Å². The summed E-state index contributed by atoms with van der Waals surface area (Å²) in [6.45, 7) is 1.99. The van der Waals surface area contributed by atoms with Gasteiger partial charge in [0.05, 0.1) is 0 Å². The Balaban J connectivity index is 3.01. The predicted molar refractivity (Wildman–Crippen MR) is 43.0 cm³/mol. The van der Waals surface area contributed by atoms with Crippen LogP contribution in [0.5, 0.6) is 0 Å². The van der Waals surface area contributed by atoms with E-state index in [1.165, 1.54) is 0 Å². The maximum absolute atomic E-state index is 10.5. The molecule has 0 aliphatic rings. The number of benzene rings is 1. The molecule has 0 saturated carbocycles. The number of rotatable bonds is 2. The van der Waals surface area contributed by atoms with Crippen molar-refractivity contribution in [1.29, 1.82) is 0 Å². The van der Waals surface area contributed by atoms with E-state index in [-0.39, 0.29) is 0 Å². The molecular formula is C8H9O2S-. The molecule has 60 valence electrons. The highest BCUT2D eigenvalue weighted by Gasteiger charge is 1.92. The molecule has 0 N–H and O–H groups in total. The third-order valence-corrected chi connectivity index (χ3v) is 2.14.